The van der Waals surface area contributed by atoms with Crippen LogP contribution in [0.3, 0.4) is 0 Å². The molecule has 3 aromatic carbocycles. The number of rotatable bonds is 7. The second kappa shape index (κ2) is 10.6. The van der Waals surface area contributed by atoms with Gasteiger partial charge in [-0.15, -0.1) is 0 Å². The molecule has 2 amide bonds. The molecule has 0 aliphatic heterocycles. The first kappa shape index (κ1) is 24.3. The number of anilines is 6. The van der Waals surface area contributed by atoms with Crippen molar-refractivity contribution < 1.29 is 22.7 Å². The fourth-order valence-electron chi connectivity index (χ4n) is 3.18. The minimum absolute atomic E-state index is 0.360. The number of methoxy groups -OCH3 is 1. The molecule has 11 heteroatoms. The Hall–Kier alpha value is -4.80. The summed E-state index contributed by atoms with van der Waals surface area (Å²) in [7, 11) is 1.60. The smallest absolute Gasteiger partial charge is 0.323 e. The number of aryl methyl sites for hydroxylation is 1. The lowest BCUT2D eigenvalue weighted by atomic mass is 10.2. The predicted molar refractivity (Wildman–Crippen MR) is 132 cm³/mol. The maximum atomic E-state index is 13.7. The number of carbonyl (C=O) groups excluding carboxylic acids is 1. The summed E-state index contributed by atoms with van der Waals surface area (Å²) in [5, 5.41) is 10.9. The summed E-state index contributed by atoms with van der Waals surface area (Å²) in [5.74, 6) is -2.79. The summed E-state index contributed by atoms with van der Waals surface area (Å²) in [4.78, 5) is 21.0. The Kier molecular flexibility index (Phi) is 7.19. The molecule has 4 N–H and O–H groups in total. The minimum atomic E-state index is -1.66. The van der Waals surface area contributed by atoms with Crippen molar-refractivity contribution in [3.05, 3.63) is 89.9 Å². The van der Waals surface area contributed by atoms with Crippen LogP contribution in [0.2, 0.25) is 0 Å². The lowest BCUT2D eigenvalue weighted by molar-refractivity contribution is 0.262. The molecule has 1 heterocycles. The largest absolute Gasteiger partial charge is 0.497 e. The maximum Gasteiger partial charge on any atom is 0.323 e. The van der Waals surface area contributed by atoms with Gasteiger partial charge in [0.2, 0.25) is 5.95 Å². The average molecular weight is 494 g/mol. The van der Waals surface area contributed by atoms with Crippen LogP contribution in [0.4, 0.5) is 52.5 Å². The van der Waals surface area contributed by atoms with Crippen molar-refractivity contribution in [1.29, 1.82) is 0 Å². The molecular formula is C25H21F3N6O2. The van der Waals surface area contributed by atoms with Crippen LogP contribution in [-0.2, 0) is 0 Å². The Balaban J connectivity index is 1.39. The van der Waals surface area contributed by atoms with E-state index >= 15 is 0 Å². The predicted octanol–water partition coefficient (Wildman–Crippen LogP) is 6.34. The van der Waals surface area contributed by atoms with Crippen molar-refractivity contribution in [1.82, 2.24) is 9.97 Å². The zero-order valence-corrected chi connectivity index (χ0v) is 19.2. The Morgan fingerprint density at radius 1 is 0.778 bits per heavy atom. The summed E-state index contributed by atoms with van der Waals surface area (Å²) in [6, 6.07) is 16.6. The van der Waals surface area contributed by atoms with Crippen molar-refractivity contribution in [2.24, 2.45) is 0 Å². The fraction of sp³-hybridized carbons (Fsp3) is 0.0800. The third-order valence-electron chi connectivity index (χ3n) is 4.90. The second-order valence-electron chi connectivity index (χ2n) is 7.58. The number of aromatic nitrogens is 2. The lowest BCUT2D eigenvalue weighted by Gasteiger charge is -2.12. The van der Waals surface area contributed by atoms with E-state index in [1.54, 1.807) is 37.4 Å². The molecule has 4 aromatic rings. The summed E-state index contributed by atoms with van der Waals surface area (Å²) >= 11 is 0. The first-order valence-electron chi connectivity index (χ1n) is 10.7. The number of benzene rings is 3. The van der Waals surface area contributed by atoms with E-state index in [4.69, 9.17) is 4.74 Å². The first-order chi connectivity index (χ1) is 17.3. The van der Waals surface area contributed by atoms with Crippen molar-refractivity contribution in [2.45, 2.75) is 6.92 Å². The highest BCUT2D eigenvalue weighted by atomic mass is 19.2. The molecule has 36 heavy (non-hydrogen) atoms. The van der Waals surface area contributed by atoms with Gasteiger partial charge < -0.3 is 26.0 Å². The number of ether oxygens (including phenoxy) is 1. The molecule has 4 rings (SSSR count). The first-order valence-corrected chi connectivity index (χ1v) is 10.7. The van der Waals surface area contributed by atoms with Gasteiger partial charge in [-0.25, -0.2) is 22.9 Å². The third-order valence-corrected chi connectivity index (χ3v) is 4.90. The number of urea groups is 1. The number of hydrogen-bond donors (Lipinski definition) is 4. The average Bonchev–Trinajstić information content (AvgIpc) is 2.86. The molecule has 0 aliphatic rings. The van der Waals surface area contributed by atoms with E-state index in [1.165, 1.54) is 0 Å². The summed E-state index contributed by atoms with van der Waals surface area (Å²) in [5.41, 5.74) is 2.11. The molecule has 0 atom stereocenters. The normalized spacial score (nSPS) is 10.5. The fourth-order valence-corrected chi connectivity index (χ4v) is 3.18. The van der Waals surface area contributed by atoms with E-state index in [-0.39, 0.29) is 0 Å². The van der Waals surface area contributed by atoms with Gasteiger partial charge in [-0.2, -0.15) is 4.98 Å². The second-order valence-corrected chi connectivity index (χ2v) is 7.58. The van der Waals surface area contributed by atoms with E-state index in [0.29, 0.717) is 23.1 Å². The Labute approximate surface area is 204 Å². The molecule has 0 bridgehead atoms. The number of halogens is 3. The zero-order valence-electron chi connectivity index (χ0n) is 19.2. The molecule has 0 saturated heterocycles. The maximum absolute atomic E-state index is 13.7. The molecule has 8 nitrogen and oxygen atoms in total. The quantitative estimate of drug-likeness (QED) is 0.224. The number of nitrogens with one attached hydrogen (secondary N) is 4. The van der Waals surface area contributed by atoms with E-state index in [2.05, 4.69) is 31.2 Å². The molecular weight excluding hydrogens is 473 g/mol. The number of carbonyl (C=O) groups is 1. The topological polar surface area (TPSA) is 100 Å². The van der Waals surface area contributed by atoms with Crippen molar-refractivity contribution in [3.63, 3.8) is 0 Å². The number of nitrogens with zero attached hydrogens (tertiary/aromatic N) is 2. The zero-order chi connectivity index (χ0) is 25.7. The molecule has 184 valence electrons. The molecule has 0 fully saturated rings. The van der Waals surface area contributed by atoms with Gasteiger partial charge in [0.25, 0.3) is 0 Å². The van der Waals surface area contributed by atoms with Crippen LogP contribution in [-0.4, -0.2) is 23.1 Å². The van der Waals surface area contributed by atoms with E-state index in [9.17, 15) is 18.0 Å². The molecule has 1 aromatic heterocycles. The van der Waals surface area contributed by atoms with Gasteiger partial charge in [-0.3, -0.25) is 0 Å². The van der Waals surface area contributed by atoms with Gasteiger partial charge in [-0.1, -0.05) is 0 Å². The van der Waals surface area contributed by atoms with E-state index in [1.807, 2.05) is 31.2 Å². The summed E-state index contributed by atoms with van der Waals surface area (Å²) < 4.78 is 45.3. The molecule has 0 spiro atoms. The van der Waals surface area contributed by atoms with Gasteiger partial charge in [-0.05, 0) is 67.6 Å². The van der Waals surface area contributed by atoms with Crippen LogP contribution in [0.25, 0.3) is 0 Å². The number of amides is 2. The Morgan fingerprint density at radius 2 is 1.42 bits per heavy atom. The highest BCUT2D eigenvalue weighted by Gasteiger charge is 2.15. The van der Waals surface area contributed by atoms with Crippen LogP contribution < -0.4 is 26.0 Å². The highest BCUT2D eigenvalue weighted by molar-refractivity contribution is 5.99. The van der Waals surface area contributed by atoms with E-state index in [0.717, 1.165) is 29.3 Å². The Morgan fingerprint density at radius 3 is 2.11 bits per heavy atom. The Bertz CT molecular complexity index is 1380. The lowest BCUT2D eigenvalue weighted by Crippen LogP contribution is -2.20. The van der Waals surface area contributed by atoms with Crippen LogP contribution in [0.1, 0.15) is 5.69 Å². The van der Waals surface area contributed by atoms with Crippen molar-refractivity contribution >= 4 is 40.5 Å². The molecule has 0 radical (unpaired) electrons. The molecule has 0 aliphatic carbocycles. The van der Waals surface area contributed by atoms with Gasteiger partial charge in [0, 0.05) is 28.8 Å². The third kappa shape index (κ3) is 6.00. The van der Waals surface area contributed by atoms with Crippen molar-refractivity contribution in [3.8, 4) is 5.75 Å². The van der Waals surface area contributed by atoms with E-state index < -0.39 is 29.2 Å². The van der Waals surface area contributed by atoms with Crippen LogP contribution in [0.15, 0.2) is 66.7 Å². The van der Waals surface area contributed by atoms with Gasteiger partial charge in [0.15, 0.2) is 17.5 Å². The van der Waals surface area contributed by atoms with Crippen LogP contribution >= 0.6 is 0 Å². The number of hydrogen-bond acceptors (Lipinski definition) is 6. The standard InChI is InChI=1S/C25H21F3N6O2/c1-14-13-21(30-15-7-9-18(36-2)10-8-15)34-24(29-14)31-16-3-5-17(6-4-16)32-25(35)33-20-12-11-19(26)22(27)23(20)28/h3-13H,1-2H3,(H2,32,33,35)(H2,29,30,31,34). The van der Waals surface area contributed by atoms with Crippen LogP contribution in [0.5, 0.6) is 5.75 Å². The molecule has 0 saturated carbocycles. The van der Waals surface area contributed by atoms with Gasteiger partial charge in [0.05, 0.1) is 12.8 Å². The van der Waals surface area contributed by atoms with Crippen LogP contribution in [0, 0.1) is 24.4 Å². The summed E-state index contributed by atoms with van der Waals surface area (Å²) in [6.07, 6.45) is 0. The van der Waals surface area contributed by atoms with Gasteiger partial charge in [0.1, 0.15) is 11.6 Å². The SMILES string of the molecule is COc1ccc(Nc2cc(C)nc(Nc3ccc(NC(=O)Nc4ccc(F)c(F)c4F)cc3)n2)cc1. The monoisotopic (exact) mass is 494 g/mol. The van der Waals surface area contributed by atoms with Crippen molar-refractivity contribution in [2.75, 3.05) is 28.4 Å². The van der Waals surface area contributed by atoms with Gasteiger partial charge >= 0.3 is 6.03 Å². The highest BCUT2D eigenvalue weighted by Crippen LogP contribution is 2.23. The minimum Gasteiger partial charge on any atom is -0.497 e. The summed E-state index contributed by atoms with van der Waals surface area (Å²) in [6.45, 7) is 1.84. The molecule has 0 unspecified atom stereocenters.